The van der Waals surface area contributed by atoms with Gasteiger partial charge in [-0.05, 0) is 58.7 Å². The minimum Gasteiger partial charge on any atom is -0.368 e. The minimum absolute atomic E-state index is 0.236. The lowest BCUT2D eigenvalue weighted by atomic mass is 9.93. The van der Waals surface area contributed by atoms with Crippen LogP contribution in [0.5, 0.6) is 0 Å². The number of amides is 1. The third-order valence-electron chi connectivity index (χ3n) is 4.45. The molecule has 1 rings (SSSR count). The van der Waals surface area contributed by atoms with Crippen molar-refractivity contribution in [1.82, 2.24) is 10.2 Å². The average Bonchev–Trinajstić information content (AvgIpc) is 2.39. The summed E-state index contributed by atoms with van der Waals surface area (Å²) in [4.78, 5) is 14.2. The van der Waals surface area contributed by atoms with Gasteiger partial charge in [-0.3, -0.25) is 4.79 Å². The summed E-state index contributed by atoms with van der Waals surface area (Å²) in [6, 6.07) is 0.743. The number of piperidine rings is 1. The quantitative estimate of drug-likeness (QED) is 0.707. The van der Waals surface area contributed by atoms with E-state index in [-0.39, 0.29) is 5.91 Å². The predicted molar refractivity (Wildman–Crippen MR) is 80.0 cm³/mol. The minimum atomic E-state index is -0.549. The van der Waals surface area contributed by atoms with E-state index in [2.05, 4.69) is 17.1 Å². The normalized spacial score (nSPS) is 24.1. The summed E-state index contributed by atoms with van der Waals surface area (Å²) in [5, 5.41) is 3.23. The van der Waals surface area contributed by atoms with Crippen molar-refractivity contribution < 1.29 is 4.79 Å². The number of hydrogen-bond acceptors (Lipinski definition) is 3. The second-order valence-electron chi connectivity index (χ2n) is 5.92. The summed E-state index contributed by atoms with van der Waals surface area (Å²) in [6.45, 7) is 9.29. The average molecular weight is 269 g/mol. The van der Waals surface area contributed by atoms with Crippen LogP contribution in [0, 0.1) is 0 Å². The van der Waals surface area contributed by atoms with Crippen molar-refractivity contribution >= 4 is 5.91 Å². The molecule has 0 spiro atoms. The van der Waals surface area contributed by atoms with Gasteiger partial charge in [0, 0.05) is 6.04 Å². The molecular weight excluding hydrogens is 238 g/mol. The van der Waals surface area contributed by atoms with E-state index in [0.717, 1.165) is 32.0 Å². The largest absolute Gasteiger partial charge is 0.368 e. The van der Waals surface area contributed by atoms with Crippen LogP contribution >= 0.6 is 0 Å². The fraction of sp³-hybridized carbons (Fsp3) is 0.933. The Balaban J connectivity index is 2.40. The highest BCUT2D eigenvalue weighted by Gasteiger charge is 2.30. The van der Waals surface area contributed by atoms with E-state index in [9.17, 15) is 4.79 Å². The molecule has 4 heteroatoms. The molecule has 1 saturated heterocycles. The number of nitrogens with zero attached hydrogens (tertiary/aromatic N) is 1. The molecule has 1 fully saturated rings. The number of rotatable bonds is 8. The third-order valence-corrected chi connectivity index (χ3v) is 4.45. The van der Waals surface area contributed by atoms with Gasteiger partial charge in [-0.2, -0.15) is 0 Å². The third kappa shape index (κ3) is 4.77. The summed E-state index contributed by atoms with van der Waals surface area (Å²) in [6.07, 6.45) is 7.10. The zero-order chi connectivity index (χ0) is 14.3. The van der Waals surface area contributed by atoms with E-state index in [4.69, 9.17) is 5.73 Å². The van der Waals surface area contributed by atoms with Crippen LogP contribution < -0.4 is 11.1 Å². The van der Waals surface area contributed by atoms with Crippen molar-refractivity contribution in [3.63, 3.8) is 0 Å². The Morgan fingerprint density at radius 1 is 1.42 bits per heavy atom. The van der Waals surface area contributed by atoms with Gasteiger partial charge in [-0.1, -0.05) is 20.3 Å². The molecule has 2 unspecified atom stereocenters. The van der Waals surface area contributed by atoms with E-state index in [1.54, 1.807) is 0 Å². The maximum Gasteiger partial charge on any atom is 0.237 e. The van der Waals surface area contributed by atoms with Crippen LogP contribution in [0.2, 0.25) is 0 Å². The second-order valence-corrected chi connectivity index (χ2v) is 5.92. The van der Waals surface area contributed by atoms with Gasteiger partial charge < -0.3 is 16.0 Å². The Morgan fingerprint density at radius 2 is 2.16 bits per heavy atom. The lowest BCUT2D eigenvalue weighted by Crippen LogP contribution is -2.53. The van der Waals surface area contributed by atoms with Crippen LogP contribution in [-0.2, 0) is 4.79 Å². The number of primary amides is 1. The molecular formula is C15H31N3O. The highest BCUT2D eigenvalue weighted by molar-refractivity contribution is 5.84. The van der Waals surface area contributed by atoms with Gasteiger partial charge >= 0.3 is 0 Å². The molecule has 1 aliphatic rings. The van der Waals surface area contributed by atoms with E-state index in [1.165, 1.54) is 32.2 Å². The van der Waals surface area contributed by atoms with Crippen LogP contribution in [0.25, 0.3) is 0 Å². The molecule has 0 bridgehead atoms. The first-order valence-corrected chi connectivity index (χ1v) is 7.82. The molecule has 3 N–H and O–H groups in total. The van der Waals surface area contributed by atoms with E-state index in [0.29, 0.717) is 0 Å². The van der Waals surface area contributed by atoms with Crippen LogP contribution in [0.4, 0.5) is 0 Å². The molecule has 4 nitrogen and oxygen atoms in total. The number of likely N-dealkylation sites (tertiary alicyclic amines) is 1. The van der Waals surface area contributed by atoms with Crippen LogP contribution in [-0.4, -0.2) is 42.0 Å². The van der Waals surface area contributed by atoms with Crippen LogP contribution in [0.1, 0.15) is 59.3 Å². The van der Waals surface area contributed by atoms with Crippen LogP contribution in [0.3, 0.4) is 0 Å². The number of nitrogens with two attached hydrogens (primary N) is 1. The van der Waals surface area contributed by atoms with Crippen LogP contribution in [0.15, 0.2) is 0 Å². The maximum absolute atomic E-state index is 11.6. The van der Waals surface area contributed by atoms with Gasteiger partial charge in [-0.15, -0.1) is 0 Å². The zero-order valence-electron chi connectivity index (χ0n) is 12.9. The Morgan fingerprint density at radius 3 is 2.74 bits per heavy atom. The molecule has 19 heavy (non-hydrogen) atoms. The summed E-state index contributed by atoms with van der Waals surface area (Å²) < 4.78 is 0. The first-order valence-electron chi connectivity index (χ1n) is 7.82. The smallest absolute Gasteiger partial charge is 0.237 e. The monoisotopic (exact) mass is 269 g/mol. The molecule has 112 valence electrons. The second kappa shape index (κ2) is 7.85. The van der Waals surface area contributed by atoms with Crippen molar-refractivity contribution in [3.8, 4) is 0 Å². The standard InChI is InChI=1S/C15H31N3O/c1-4-13-9-6-7-11-18(13)12-8-10-15(3,14(16)19)17-5-2/h13,17H,4-12H2,1-3H3,(H2,16,19). The molecule has 1 amide bonds. The number of nitrogens with one attached hydrogen (secondary N) is 1. The van der Waals surface area contributed by atoms with Gasteiger partial charge in [0.15, 0.2) is 0 Å². The Hall–Kier alpha value is -0.610. The molecule has 1 aliphatic heterocycles. The van der Waals surface area contributed by atoms with Crippen molar-refractivity contribution in [2.45, 2.75) is 70.9 Å². The summed E-state index contributed by atoms with van der Waals surface area (Å²) in [7, 11) is 0. The molecule has 0 radical (unpaired) electrons. The zero-order valence-corrected chi connectivity index (χ0v) is 12.9. The molecule has 0 aromatic heterocycles. The first kappa shape index (κ1) is 16.4. The fourth-order valence-electron chi connectivity index (χ4n) is 3.14. The topological polar surface area (TPSA) is 58.4 Å². The lowest BCUT2D eigenvalue weighted by molar-refractivity contribution is -0.124. The Kier molecular flexibility index (Phi) is 6.80. The van der Waals surface area contributed by atoms with E-state index >= 15 is 0 Å². The van der Waals surface area contributed by atoms with E-state index in [1.807, 2.05) is 13.8 Å². The predicted octanol–water partition coefficient (Wildman–Crippen LogP) is 1.88. The van der Waals surface area contributed by atoms with Gasteiger partial charge in [0.1, 0.15) is 0 Å². The molecule has 2 atom stereocenters. The summed E-state index contributed by atoms with van der Waals surface area (Å²) >= 11 is 0. The maximum atomic E-state index is 11.6. The van der Waals surface area contributed by atoms with Crippen molar-refractivity contribution in [3.05, 3.63) is 0 Å². The molecule has 0 aromatic carbocycles. The highest BCUT2D eigenvalue weighted by atomic mass is 16.1. The highest BCUT2D eigenvalue weighted by Crippen LogP contribution is 2.21. The van der Waals surface area contributed by atoms with Crippen molar-refractivity contribution in [2.75, 3.05) is 19.6 Å². The SMILES string of the molecule is CCNC(C)(CCCN1CCCCC1CC)C(N)=O. The van der Waals surface area contributed by atoms with Gasteiger partial charge in [0.05, 0.1) is 5.54 Å². The summed E-state index contributed by atoms with van der Waals surface area (Å²) in [5.74, 6) is -0.236. The van der Waals surface area contributed by atoms with Crippen molar-refractivity contribution in [1.29, 1.82) is 0 Å². The number of carbonyl (C=O) groups is 1. The molecule has 1 heterocycles. The fourth-order valence-corrected chi connectivity index (χ4v) is 3.14. The van der Waals surface area contributed by atoms with E-state index < -0.39 is 5.54 Å². The number of carbonyl (C=O) groups excluding carboxylic acids is 1. The van der Waals surface area contributed by atoms with Gasteiger partial charge in [0.2, 0.25) is 5.91 Å². The lowest BCUT2D eigenvalue weighted by Gasteiger charge is -2.36. The molecule has 0 saturated carbocycles. The Labute approximate surface area is 118 Å². The number of hydrogen-bond donors (Lipinski definition) is 2. The summed E-state index contributed by atoms with van der Waals surface area (Å²) in [5.41, 5.74) is 4.97. The van der Waals surface area contributed by atoms with Gasteiger partial charge in [0.25, 0.3) is 0 Å². The van der Waals surface area contributed by atoms with Crippen molar-refractivity contribution in [2.24, 2.45) is 5.73 Å². The Bertz CT molecular complexity index is 283. The first-order chi connectivity index (χ1) is 9.03. The van der Waals surface area contributed by atoms with Gasteiger partial charge in [-0.25, -0.2) is 0 Å². The number of likely N-dealkylation sites (N-methyl/N-ethyl adjacent to an activating group) is 1. The molecule has 0 aromatic rings. The molecule has 0 aliphatic carbocycles.